The van der Waals surface area contributed by atoms with Crippen molar-refractivity contribution in [2.24, 2.45) is 0 Å². The van der Waals surface area contributed by atoms with E-state index in [0.29, 0.717) is 27.8 Å². The molecule has 4 aromatic carbocycles. The number of rotatable bonds is 12. The zero-order valence-corrected chi connectivity index (χ0v) is 36.2. The van der Waals surface area contributed by atoms with Gasteiger partial charge in [-0.1, -0.05) is 153 Å². The van der Waals surface area contributed by atoms with Crippen LogP contribution in [0.2, 0.25) is 0 Å². The maximum absolute atomic E-state index is 14.8. The number of ether oxygens (including phenoxy) is 3. The molecule has 328 valence electrons. The number of carbonyl (C=O) groups is 6. The van der Waals surface area contributed by atoms with Crippen molar-refractivity contribution in [1.29, 1.82) is 0 Å². The summed E-state index contributed by atoms with van der Waals surface area (Å²) in [4.78, 5) is 90.9. The fourth-order valence-electron chi connectivity index (χ4n) is 7.36. The zero-order valence-electron chi connectivity index (χ0n) is 36.2. The van der Waals surface area contributed by atoms with E-state index in [9.17, 15) is 28.8 Å². The molecule has 6 atom stereocenters. The highest BCUT2D eigenvalue weighted by atomic mass is 16.6. The van der Waals surface area contributed by atoms with E-state index in [4.69, 9.17) is 14.2 Å². The maximum Gasteiger partial charge on any atom is 0.329 e. The highest BCUT2D eigenvalue weighted by Gasteiger charge is 2.42. The van der Waals surface area contributed by atoms with Gasteiger partial charge in [-0.05, 0) is 34.8 Å². The number of amides is 3. The van der Waals surface area contributed by atoms with Gasteiger partial charge in [-0.2, -0.15) is 0 Å². The van der Waals surface area contributed by atoms with Crippen molar-refractivity contribution in [2.75, 3.05) is 21.1 Å². The normalized spacial score (nSPS) is 22.3. The lowest BCUT2D eigenvalue weighted by atomic mass is 10.0. The Morgan fingerprint density at radius 1 is 0.492 bits per heavy atom. The highest BCUT2D eigenvalue weighted by Crippen LogP contribution is 2.23. The lowest BCUT2D eigenvalue weighted by Gasteiger charge is -2.35. The SMILES string of the molecule is C=C/C=C(\C=C)CC1C(=O)O[C@H](Cc2ccccc2)C(=O)N(C)C(Cc2ccccc2)C(=O)O[C@H](Cc2ccccc2)C(=O)N(C)C(Cc2ccccc2)C(=O)O[C@H](C)C(=O)N1C. The molecule has 63 heavy (non-hydrogen) atoms. The molecule has 1 aliphatic rings. The predicted molar refractivity (Wildman–Crippen MR) is 239 cm³/mol. The Labute approximate surface area is 369 Å². The summed E-state index contributed by atoms with van der Waals surface area (Å²) in [5.41, 5.74) is 3.23. The van der Waals surface area contributed by atoms with Crippen molar-refractivity contribution in [3.05, 3.63) is 181 Å². The molecule has 1 heterocycles. The second-order valence-electron chi connectivity index (χ2n) is 15.5. The average molecular weight is 854 g/mol. The van der Waals surface area contributed by atoms with Crippen molar-refractivity contribution in [3.8, 4) is 0 Å². The third kappa shape index (κ3) is 12.7. The molecular formula is C51H55N3O9. The number of hydrogen-bond donors (Lipinski definition) is 0. The van der Waals surface area contributed by atoms with E-state index in [-0.39, 0.29) is 32.1 Å². The number of nitrogens with zero attached hydrogens (tertiary/aromatic N) is 3. The molecule has 3 amide bonds. The first-order valence-corrected chi connectivity index (χ1v) is 20.8. The number of esters is 3. The van der Waals surface area contributed by atoms with Crippen LogP contribution in [0.4, 0.5) is 0 Å². The van der Waals surface area contributed by atoms with E-state index >= 15 is 0 Å². The fourth-order valence-corrected chi connectivity index (χ4v) is 7.36. The summed E-state index contributed by atoms with van der Waals surface area (Å²) in [5, 5.41) is 0. The summed E-state index contributed by atoms with van der Waals surface area (Å²) in [6.07, 6.45) is -0.0422. The number of cyclic esters (lactones) is 3. The first-order chi connectivity index (χ1) is 30.3. The number of likely N-dealkylation sites (N-methyl/N-ethyl adjacent to an activating group) is 3. The van der Waals surface area contributed by atoms with Gasteiger partial charge >= 0.3 is 17.9 Å². The molecule has 12 heteroatoms. The Bertz CT molecular complexity index is 2250. The molecule has 0 bridgehead atoms. The maximum atomic E-state index is 14.8. The van der Waals surface area contributed by atoms with Crippen LogP contribution >= 0.6 is 0 Å². The lowest BCUT2D eigenvalue weighted by Crippen LogP contribution is -2.55. The minimum atomic E-state index is -1.49. The first kappa shape index (κ1) is 47.0. The van der Waals surface area contributed by atoms with E-state index in [1.165, 1.54) is 50.0 Å². The number of benzene rings is 4. The number of hydrogen-bond acceptors (Lipinski definition) is 9. The molecule has 0 aliphatic carbocycles. The topological polar surface area (TPSA) is 140 Å². The second kappa shape index (κ2) is 22.7. The molecule has 0 saturated carbocycles. The van der Waals surface area contributed by atoms with Gasteiger partial charge in [0.15, 0.2) is 18.3 Å². The average Bonchev–Trinajstić information content (AvgIpc) is 3.30. The monoisotopic (exact) mass is 853 g/mol. The number of carbonyl (C=O) groups excluding carboxylic acids is 6. The predicted octanol–water partition coefficient (Wildman–Crippen LogP) is 5.90. The summed E-state index contributed by atoms with van der Waals surface area (Å²) in [6.45, 7) is 8.97. The Hall–Kier alpha value is -7.08. The summed E-state index contributed by atoms with van der Waals surface area (Å²) < 4.78 is 18.1. The van der Waals surface area contributed by atoms with Gasteiger partial charge in [0.1, 0.15) is 18.1 Å². The van der Waals surface area contributed by atoms with Crippen LogP contribution in [-0.4, -0.2) is 108 Å². The third-order valence-corrected chi connectivity index (χ3v) is 11.1. The van der Waals surface area contributed by atoms with E-state index < -0.39 is 72.1 Å². The largest absolute Gasteiger partial charge is 0.451 e. The van der Waals surface area contributed by atoms with E-state index in [2.05, 4.69) is 13.2 Å². The number of allylic oxidation sites excluding steroid dienone is 3. The summed E-state index contributed by atoms with van der Waals surface area (Å²) in [7, 11) is 4.22. The van der Waals surface area contributed by atoms with Crippen molar-refractivity contribution < 1.29 is 43.0 Å². The van der Waals surface area contributed by atoms with Crippen molar-refractivity contribution in [2.45, 2.75) is 75.5 Å². The molecule has 1 saturated heterocycles. The molecule has 12 nitrogen and oxygen atoms in total. The lowest BCUT2D eigenvalue weighted by molar-refractivity contribution is -0.175. The van der Waals surface area contributed by atoms with E-state index in [1.807, 2.05) is 18.2 Å². The third-order valence-electron chi connectivity index (χ3n) is 11.1. The van der Waals surface area contributed by atoms with E-state index in [1.54, 1.807) is 109 Å². The molecular weight excluding hydrogens is 799 g/mol. The molecule has 3 unspecified atom stereocenters. The van der Waals surface area contributed by atoms with Crippen LogP contribution in [0.1, 0.15) is 35.6 Å². The highest BCUT2D eigenvalue weighted by molar-refractivity contribution is 5.94. The summed E-state index contributed by atoms with van der Waals surface area (Å²) >= 11 is 0. The van der Waals surface area contributed by atoms with Gasteiger partial charge in [0.25, 0.3) is 17.7 Å². The van der Waals surface area contributed by atoms with Crippen LogP contribution in [-0.2, 0) is 68.7 Å². The molecule has 0 spiro atoms. The Morgan fingerprint density at radius 3 is 1.19 bits per heavy atom. The van der Waals surface area contributed by atoms with Crippen LogP contribution in [0.25, 0.3) is 0 Å². The van der Waals surface area contributed by atoms with Crippen LogP contribution < -0.4 is 0 Å². The van der Waals surface area contributed by atoms with Gasteiger partial charge in [0.05, 0.1) is 0 Å². The van der Waals surface area contributed by atoms with E-state index in [0.717, 1.165) is 4.90 Å². The Balaban J connectivity index is 1.66. The molecule has 0 N–H and O–H groups in total. The van der Waals surface area contributed by atoms with Crippen molar-refractivity contribution >= 4 is 35.6 Å². The summed E-state index contributed by atoms with van der Waals surface area (Å²) in [5.74, 6) is -4.91. The molecule has 1 fully saturated rings. The van der Waals surface area contributed by atoms with Crippen LogP contribution in [0.5, 0.6) is 0 Å². The van der Waals surface area contributed by atoms with Crippen LogP contribution in [0, 0.1) is 0 Å². The van der Waals surface area contributed by atoms with Crippen LogP contribution in [0.15, 0.2) is 158 Å². The minimum absolute atomic E-state index is 0.00860. The van der Waals surface area contributed by atoms with Gasteiger partial charge in [-0.25, -0.2) is 14.4 Å². The molecule has 0 aromatic heterocycles. The van der Waals surface area contributed by atoms with Crippen molar-refractivity contribution in [1.82, 2.24) is 14.7 Å². The Morgan fingerprint density at radius 2 is 0.825 bits per heavy atom. The smallest absolute Gasteiger partial charge is 0.329 e. The minimum Gasteiger partial charge on any atom is -0.451 e. The molecule has 0 radical (unpaired) electrons. The van der Waals surface area contributed by atoms with Gasteiger partial charge in [-0.15, -0.1) is 0 Å². The van der Waals surface area contributed by atoms with Gasteiger partial charge in [-0.3, -0.25) is 14.4 Å². The molecule has 4 aromatic rings. The van der Waals surface area contributed by atoms with Gasteiger partial charge in [0.2, 0.25) is 0 Å². The van der Waals surface area contributed by atoms with Crippen LogP contribution in [0.3, 0.4) is 0 Å². The van der Waals surface area contributed by atoms with Gasteiger partial charge in [0, 0.05) is 53.2 Å². The van der Waals surface area contributed by atoms with Gasteiger partial charge < -0.3 is 28.9 Å². The Kier molecular flexibility index (Phi) is 16.9. The summed E-state index contributed by atoms with van der Waals surface area (Å²) in [6, 6.07) is 31.9. The quantitative estimate of drug-likeness (QED) is 0.0970. The second-order valence-corrected chi connectivity index (χ2v) is 15.5. The zero-order chi connectivity index (χ0) is 45.5. The van der Waals surface area contributed by atoms with Crippen molar-refractivity contribution in [3.63, 3.8) is 0 Å². The standard InChI is InChI=1S/C51H55N3O9/c1-7-21-36(8-2)30-41-50(59)62-45(34-40-28-19-12-20-29-40)48(57)54(6)43(32-38-24-15-10-16-25-38)51(60)63-44(33-39-26-17-11-18-27-39)47(56)53(5)42(31-37-22-13-9-14-23-37)49(58)61-35(3)46(55)52(41)4/h7-29,35,41-45H,1-2,30-34H2,3-6H3/b36-21+/t35-,41?,42?,43?,44-,45-/m1/s1. The first-order valence-electron chi connectivity index (χ1n) is 20.8. The molecule has 1 aliphatic heterocycles. The molecule has 5 rings (SSSR count). The fraction of sp³-hybridized carbons (Fsp3) is 0.294.